The summed E-state index contributed by atoms with van der Waals surface area (Å²) >= 11 is 0. The number of hydrogen-bond acceptors (Lipinski definition) is 2. The Hall–Kier alpha value is -1.51. The standard InChI is InChI=1S/C12H18N2O/c1-12(2,3)9-5-8(11(15)14-4)6-10(13)7-9/h5-7H,13H2,1-4H3,(H,14,15). The predicted molar refractivity (Wildman–Crippen MR) is 62.9 cm³/mol. The molecule has 0 fully saturated rings. The Morgan fingerprint density at radius 3 is 2.33 bits per heavy atom. The Labute approximate surface area is 90.7 Å². The Balaban J connectivity index is 3.23. The van der Waals surface area contributed by atoms with Gasteiger partial charge in [0.15, 0.2) is 0 Å². The molecule has 1 aromatic carbocycles. The molecule has 1 rings (SSSR count). The number of amides is 1. The average Bonchev–Trinajstić information content (AvgIpc) is 2.14. The molecule has 0 heterocycles. The lowest BCUT2D eigenvalue weighted by Gasteiger charge is -2.20. The van der Waals surface area contributed by atoms with Gasteiger partial charge in [0.2, 0.25) is 0 Å². The normalized spacial score (nSPS) is 11.2. The van der Waals surface area contributed by atoms with Crippen molar-refractivity contribution in [1.82, 2.24) is 5.32 Å². The molecule has 3 nitrogen and oxygen atoms in total. The molecule has 0 spiro atoms. The summed E-state index contributed by atoms with van der Waals surface area (Å²) in [5, 5.41) is 2.59. The summed E-state index contributed by atoms with van der Waals surface area (Å²) in [7, 11) is 1.61. The molecular weight excluding hydrogens is 188 g/mol. The number of nitrogens with two attached hydrogens (primary N) is 1. The highest BCUT2D eigenvalue weighted by Gasteiger charge is 2.16. The van der Waals surface area contributed by atoms with Crippen LogP contribution in [0.4, 0.5) is 5.69 Å². The highest BCUT2D eigenvalue weighted by Crippen LogP contribution is 2.25. The smallest absolute Gasteiger partial charge is 0.251 e. The van der Waals surface area contributed by atoms with Gasteiger partial charge < -0.3 is 11.1 Å². The second kappa shape index (κ2) is 3.93. The number of carbonyl (C=O) groups excluding carboxylic acids is 1. The largest absolute Gasteiger partial charge is 0.399 e. The number of hydrogen-bond donors (Lipinski definition) is 2. The summed E-state index contributed by atoms with van der Waals surface area (Å²) in [6.45, 7) is 6.28. The van der Waals surface area contributed by atoms with E-state index in [2.05, 4.69) is 26.1 Å². The molecule has 1 aromatic rings. The van der Waals surface area contributed by atoms with Crippen molar-refractivity contribution in [2.75, 3.05) is 12.8 Å². The number of nitrogen functional groups attached to an aromatic ring is 1. The number of nitrogens with one attached hydrogen (secondary N) is 1. The minimum Gasteiger partial charge on any atom is -0.399 e. The summed E-state index contributed by atoms with van der Waals surface area (Å²) in [5.41, 5.74) is 8.08. The van der Waals surface area contributed by atoms with E-state index in [1.165, 1.54) is 0 Å². The van der Waals surface area contributed by atoms with Crippen LogP contribution in [0.2, 0.25) is 0 Å². The van der Waals surface area contributed by atoms with Gasteiger partial charge in [-0.05, 0) is 29.2 Å². The fraction of sp³-hybridized carbons (Fsp3) is 0.417. The van der Waals surface area contributed by atoms with Crippen LogP contribution in [-0.2, 0) is 5.41 Å². The van der Waals surface area contributed by atoms with Crippen molar-refractivity contribution in [3.05, 3.63) is 29.3 Å². The first-order valence-corrected chi connectivity index (χ1v) is 4.97. The van der Waals surface area contributed by atoms with Crippen LogP contribution in [0.15, 0.2) is 18.2 Å². The molecule has 0 aromatic heterocycles. The number of rotatable bonds is 1. The van der Waals surface area contributed by atoms with Gasteiger partial charge >= 0.3 is 0 Å². The molecule has 3 heteroatoms. The molecule has 3 N–H and O–H groups in total. The van der Waals surface area contributed by atoms with Crippen LogP contribution >= 0.6 is 0 Å². The third-order valence-electron chi connectivity index (χ3n) is 2.31. The topological polar surface area (TPSA) is 55.1 Å². The van der Waals surface area contributed by atoms with E-state index < -0.39 is 0 Å². The highest BCUT2D eigenvalue weighted by atomic mass is 16.1. The number of carbonyl (C=O) groups is 1. The van der Waals surface area contributed by atoms with Gasteiger partial charge in [-0.15, -0.1) is 0 Å². The van der Waals surface area contributed by atoms with Crippen molar-refractivity contribution < 1.29 is 4.79 Å². The van der Waals surface area contributed by atoms with Crippen LogP contribution in [0.5, 0.6) is 0 Å². The summed E-state index contributed by atoms with van der Waals surface area (Å²) in [6.07, 6.45) is 0. The maximum Gasteiger partial charge on any atom is 0.251 e. The van der Waals surface area contributed by atoms with E-state index in [0.29, 0.717) is 11.3 Å². The van der Waals surface area contributed by atoms with Crippen molar-refractivity contribution in [1.29, 1.82) is 0 Å². The molecule has 0 bridgehead atoms. The zero-order valence-electron chi connectivity index (χ0n) is 9.72. The average molecular weight is 206 g/mol. The summed E-state index contributed by atoms with van der Waals surface area (Å²) < 4.78 is 0. The summed E-state index contributed by atoms with van der Waals surface area (Å²) in [6, 6.07) is 5.48. The first-order valence-electron chi connectivity index (χ1n) is 4.97. The first kappa shape index (κ1) is 11.6. The molecule has 0 aliphatic heterocycles. The van der Waals surface area contributed by atoms with Crippen molar-refractivity contribution in [3.8, 4) is 0 Å². The van der Waals surface area contributed by atoms with Gasteiger partial charge in [0.25, 0.3) is 5.91 Å². The second-order valence-corrected chi connectivity index (χ2v) is 4.67. The molecule has 1 amide bonds. The van der Waals surface area contributed by atoms with E-state index >= 15 is 0 Å². The second-order valence-electron chi connectivity index (χ2n) is 4.67. The minimum atomic E-state index is -0.104. The lowest BCUT2D eigenvalue weighted by Crippen LogP contribution is -2.20. The van der Waals surface area contributed by atoms with Gasteiger partial charge in [-0.1, -0.05) is 20.8 Å². The third kappa shape index (κ3) is 2.72. The van der Waals surface area contributed by atoms with Gasteiger partial charge in [0, 0.05) is 18.3 Å². The Bertz CT molecular complexity index is 378. The van der Waals surface area contributed by atoms with E-state index in [1.54, 1.807) is 13.1 Å². The minimum absolute atomic E-state index is 0.00183. The van der Waals surface area contributed by atoms with E-state index in [-0.39, 0.29) is 11.3 Å². The van der Waals surface area contributed by atoms with Gasteiger partial charge in [-0.3, -0.25) is 4.79 Å². The van der Waals surface area contributed by atoms with Gasteiger partial charge in [0.1, 0.15) is 0 Å². The predicted octanol–water partition coefficient (Wildman–Crippen LogP) is 1.93. The van der Waals surface area contributed by atoms with Crippen LogP contribution in [0.3, 0.4) is 0 Å². The monoisotopic (exact) mass is 206 g/mol. The Kier molecular flexibility index (Phi) is 3.03. The van der Waals surface area contributed by atoms with Gasteiger partial charge in [-0.2, -0.15) is 0 Å². The van der Waals surface area contributed by atoms with Crippen LogP contribution in [0.1, 0.15) is 36.7 Å². The van der Waals surface area contributed by atoms with Crippen molar-refractivity contribution >= 4 is 11.6 Å². The Morgan fingerprint density at radius 1 is 1.27 bits per heavy atom. The summed E-state index contributed by atoms with van der Waals surface area (Å²) in [5.74, 6) is -0.104. The van der Waals surface area contributed by atoms with Crippen LogP contribution in [0.25, 0.3) is 0 Å². The zero-order chi connectivity index (χ0) is 11.6. The Morgan fingerprint density at radius 2 is 1.87 bits per heavy atom. The van der Waals surface area contributed by atoms with Gasteiger partial charge in [0.05, 0.1) is 0 Å². The molecule has 82 valence electrons. The lowest BCUT2D eigenvalue weighted by atomic mass is 9.86. The van der Waals surface area contributed by atoms with E-state index in [9.17, 15) is 4.79 Å². The molecule has 0 aliphatic carbocycles. The van der Waals surface area contributed by atoms with Crippen LogP contribution in [-0.4, -0.2) is 13.0 Å². The van der Waals surface area contributed by atoms with Crippen molar-refractivity contribution in [2.24, 2.45) is 0 Å². The van der Waals surface area contributed by atoms with Crippen molar-refractivity contribution in [3.63, 3.8) is 0 Å². The molecular formula is C12H18N2O. The first-order chi connectivity index (χ1) is 6.84. The van der Waals surface area contributed by atoms with Crippen LogP contribution in [0, 0.1) is 0 Å². The van der Waals surface area contributed by atoms with Gasteiger partial charge in [-0.25, -0.2) is 0 Å². The summed E-state index contributed by atoms with van der Waals surface area (Å²) in [4.78, 5) is 11.5. The lowest BCUT2D eigenvalue weighted by molar-refractivity contribution is 0.0963. The highest BCUT2D eigenvalue weighted by molar-refractivity contribution is 5.95. The van der Waals surface area contributed by atoms with E-state index in [1.807, 2.05) is 12.1 Å². The number of benzene rings is 1. The SMILES string of the molecule is CNC(=O)c1cc(N)cc(C(C)(C)C)c1. The third-order valence-corrected chi connectivity index (χ3v) is 2.31. The fourth-order valence-electron chi connectivity index (χ4n) is 1.36. The molecule has 15 heavy (non-hydrogen) atoms. The molecule has 0 saturated carbocycles. The van der Waals surface area contributed by atoms with Crippen LogP contribution < -0.4 is 11.1 Å². The van der Waals surface area contributed by atoms with Crippen molar-refractivity contribution in [2.45, 2.75) is 26.2 Å². The quantitative estimate of drug-likeness (QED) is 0.690. The molecule has 0 unspecified atom stereocenters. The van der Waals surface area contributed by atoms with E-state index in [4.69, 9.17) is 5.73 Å². The van der Waals surface area contributed by atoms with E-state index in [0.717, 1.165) is 5.56 Å². The molecule has 0 aliphatic rings. The maximum atomic E-state index is 11.5. The molecule has 0 saturated heterocycles. The molecule has 0 radical (unpaired) electrons. The molecule has 0 atom stereocenters. The zero-order valence-corrected chi connectivity index (χ0v) is 9.72. The fourth-order valence-corrected chi connectivity index (χ4v) is 1.36. The maximum absolute atomic E-state index is 11.5. The number of anilines is 1.